The summed E-state index contributed by atoms with van der Waals surface area (Å²) in [5, 5.41) is 2.79. The van der Waals surface area contributed by atoms with Gasteiger partial charge in [0.1, 0.15) is 0 Å². The van der Waals surface area contributed by atoms with Crippen molar-refractivity contribution in [1.29, 1.82) is 0 Å². The number of aromatic amines is 1. The summed E-state index contributed by atoms with van der Waals surface area (Å²) in [6.45, 7) is 13.8. The predicted octanol–water partition coefficient (Wildman–Crippen LogP) is 5.92. The fourth-order valence-corrected chi connectivity index (χ4v) is 3.25. The lowest BCUT2D eigenvalue weighted by atomic mass is 9.80. The Balaban J connectivity index is 2.55. The Morgan fingerprint density at radius 1 is 0.619 bits per heavy atom. The molecule has 1 N–H and O–H groups in total. The summed E-state index contributed by atoms with van der Waals surface area (Å²) < 4.78 is 0. The van der Waals surface area contributed by atoms with Crippen LogP contribution in [0.5, 0.6) is 0 Å². The van der Waals surface area contributed by atoms with Crippen LogP contribution < -0.4 is 0 Å². The molecule has 1 aromatic heterocycles. The summed E-state index contributed by atoms with van der Waals surface area (Å²) in [6.07, 6.45) is 0. The third-order valence-electron chi connectivity index (χ3n) is 4.26. The van der Waals surface area contributed by atoms with Crippen molar-refractivity contribution in [2.24, 2.45) is 0 Å². The molecule has 0 atom stereocenters. The molecule has 3 rings (SSSR count). The van der Waals surface area contributed by atoms with E-state index in [0.29, 0.717) is 0 Å². The number of rotatable bonds is 0. The lowest BCUT2D eigenvalue weighted by Crippen LogP contribution is -2.13. The van der Waals surface area contributed by atoms with Gasteiger partial charge in [-0.05, 0) is 34.1 Å². The van der Waals surface area contributed by atoms with Crippen molar-refractivity contribution in [2.45, 2.75) is 52.4 Å². The van der Waals surface area contributed by atoms with Gasteiger partial charge in [-0.25, -0.2) is 0 Å². The molecule has 0 radical (unpaired) electrons. The lowest BCUT2D eigenvalue weighted by Gasteiger charge is -2.23. The van der Waals surface area contributed by atoms with Crippen molar-refractivity contribution in [3.8, 4) is 0 Å². The minimum absolute atomic E-state index is 0.139. The highest BCUT2D eigenvalue weighted by atomic mass is 14.7. The number of fused-ring (bicyclic) bond motifs is 3. The first-order chi connectivity index (χ1) is 9.69. The van der Waals surface area contributed by atoms with E-state index in [1.165, 1.54) is 32.9 Å². The molecule has 1 nitrogen and oxygen atoms in total. The van der Waals surface area contributed by atoms with Crippen LogP contribution in [0.2, 0.25) is 0 Å². The second kappa shape index (κ2) is 4.37. The third kappa shape index (κ3) is 2.25. The smallest absolute Gasteiger partial charge is 0.0467 e. The molecule has 0 aliphatic rings. The van der Waals surface area contributed by atoms with E-state index in [-0.39, 0.29) is 10.8 Å². The lowest BCUT2D eigenvalue weighted by molar-refractivity contribution is 0.592. The van der Waals surface area contributed by atoms with Gasteiger partial charge in [-0.3, -0.25) is 0 Å². The molecule has 21 heavy (non-hydrogen) atoms. The molecular weight excluding hydrogens is 254 g/mol. The van der Waals surface area contributed by atoms with Gasteiger partial charge in [0, 0.05) is 21.8 Å². The SMILES string of the molecule is CC(C)(C)c1cccc2[nH]c3cccc(C(C)(C)C)c3c12. The normalized spacial score (nSPS) is 13.2. The topological polar surface area (TPSA) is 15.8 Å². The van der Waals surface area contributed by atoms with E-state index in [1.54, 1.807) is 0 Å². The Bertz CT molecular complexity index is 739. The van der Waals surface area contributed by atoms with Crippen LogP contribution in [0.3, 0.4) is 0 Å². The van der Waals surface area contributed by atoms with Gasteiger partial charge in [0.15, 0.2) is 0 Å². The highest BCUT2D eigenvalue weighted by Gasteiger charge is 2.23. The number of benzene rings is 2. The Hall–Kier alpha value is -1.76. The van der Waals surface area contributed by atoms with Gasteiger partial charge < -0.3 is 4.98 Å². The number of hydrogen-bond acceptors (Lipinski definition) is 0. The van der Waals surface area contributed by atoms with Crippen LogP contribution in [0.4, 0.5) is 0 Å². The summed E-state index contributed by atoms with van der Waals surface area (Å²) in [4.78, 5) is 3.60. The van der Waals surface area contributed by atoms with Crippen LogP contribution in [-0.2, 0) is 10.8 Å². The van der Waals surface area contributed by atoms with Crippen molar-refractivity contribution in [3.05, 3.63) is 47.5 Å². The first-order valence-corrected chi connectivity index (χ1v) is 7.74. The first-order valence-electron chi connectivity index (χ1n) is 7.74. The van der Waals surface area contributed by atoms with E-state index in [1.807, 2.05) is 0 Å². The number of aromatic nitrogens is 1. The second-order valence-electron chi connectivity index (χ2n) is 8.08. The minimum Gasteiger partial charge on any atom is -0.354 e. The average molecular weight is 279 g/mol. The van der Waals surface area contributed by atoms with Crippen LogP contribution in [0.15, 0.2) is 36.4 Å². The standard InChI is InChI=1S/C20H25N/c1-19(2,3)13-9-7-11-15-17(13)18-14(20(4,5)6)10-8-12-16(18)21-15/h7-12,21H,1-6H3. The molecule has 1 heterocycles. The van der Waals surface area contributed by atoms with Crippen LogP contribution in [0, 0.1) is 0 Å². The van der Waals surface area contributed by atoms with Crippen LogP contribution >= 0.6 is 0 Å². The zero-order chi connectivity index (χ0) is 15.4. The van der Waals surface area contributed by atoms with Gasteiger partial charge in [0.05, 0.1) is 0 Å². The summed E-state index contributed by atoms with van der Waals surface area (Å²) in [6, 6.07) is 13.3. The van der Waals surface area contributed by atoms with Crippen molar-refractivity contribution in [1.82, 2.24) is 4.98 Å². The monoisotopic (exact) mass is 279 g/mol. The summed E-state index contributed by atoms with van der Waals surface area (Å²) in [7, 11) is 0. The van der Waals surface area contributed by atoms with Crippen molar-refractivity contribution in [2.75, 3.05) is 0 Å². The maximum absolute atomic E-state index is 3.60. The van der Waals surface area contributed by atoms with E-state index in [4.69, 9.17) is 0 Å². The molecule has 3 aromatic rings. The largest absolute Gasteiger partial charge is 0.354 e. The molecular formula is C20H25N. The molecule has 0 saturated heterocycles. The molecule has 0 aliphatic heterocycles. The first kappa shape index (κ1) is 14.2. The number of H-pyrrole nitrogens is 1. The Kier molecular flexibility index (Phi) is 2.95. The van der Waals surface area contributed by atoms with Gasteiger partial charge >= 0.3 is 0 Å². The van der Waals surface area contributed by atoms with E-state index in [0.717, 1.165) is 0 Å². The van der Waals surface area contributed by atoms with Gasteiger partial charge in [0.2, 0.25) is 0 Å². The van der Waals surface area contributed by atoms with Crippen molar-refractivity contribution >= 4 is 21.8 Å². The van der Waals surface area contributed by atoms with Gasteiger partial charge in [-0.15, -0.1) is 0 Å². The van der Waals surface area contributed by atoms with E-state index >= 15 is 0 Å². The predicted molar refractivity (Wildman–Crippen MR) is 93.2 cm³/mol. The second-order valence-corrected chi connectivity index (χ2v) is 8.08. The highest BCUT2D eigenvalue weighted by Crippen LogP contribution is 2.39. The Morgan fingerprint density at radius 3 is 1.33 bits per heavy atom. The molecule has 0 bridgehead atoms. The molecule has 2 aromatic carbocycles. The van der Waals surface area contributed by atoms with Crippen molar-refractivity contribution in [3.63, 3.8) is 0 Å². The fourth-order valence-electron chi connectivity index (χ4n) is 3.25. The van der Waals surface area contributed by atoms with E-state index < -0.39 is 0 Å². The molecule has 1 heteroatoms. The zero-order valence-corrected chi connectivity index (χ0v) is 14.0. The zero-order valence-electron chi connectivity index (χ0n) is 14.0. The molecule has 0 aliphatic carbocycles. The summed E-state index contributed by atoms with van der Waals surface area (Å²) >= 11 is 0. The molecule has 0 amide bonds. The number of hydrogen-bond donors (Lipinski definition) is 1. The quantitative estimate of drug-likeness (QED) is 0.526. The average Bonchev–Trinajstić information content (AvgIpc) is 2.74. The minimum atomic E-state index is 0.139. The summed E-state index contributed by atoms with van der Waals surface area (Å²) in [5.41, 5.74) is 5.60. The van der Waals surface area contributed by atoms with Crippen molar-refractivity contribution < 1.29 is 0 Å². The summed E-state index contributed by atoms with van der Waals surface area (Å²) in [5.74, 6) is 0. The highest BCUT2D eigenvalue weighted by molar-refractivity contribution is 6.11. The van der Waals surface area contributed by atoms with Crippen LogP contribution in [0.1, 0.15) is 52.7 Å². The van der Waals surface area contributed by atoms with E-state index in [2.05, 4.69) is 82.9 Å². The maximum Gasteiger partial charge on any atom is 0.0467 e. The van der Waals surface area contributed by atoms with E-state index in [9.17, 15) is 0 Å². The molecule has 0 saturated carbocycles. The molecule has 0 fully saturated rings. The molecule has 0 unspecified atom stereocenters. The van der Waals surface area contributed by atoms with Gasteiger partial charge in [0.25, 0.3) is 0 Å². The van der Waals surface area contributed by atoms with Gasteiger partial charge in [-0.1, -0.05) is 65.8 Å². The van der Waals surface area contributed by atoms with Crippen LogP contribution in [0.25, 0.3) is 21.8 Å². The fraction of sp³-hybridized carbons (Fsp3) is 0.400. The van der Waals surface area contributed by atoms with Crippen LogP contribution in [-0.4, -0.2) is 4.98 Å². The third-order valence-corrected chi connectivity index (χ3v) is 4.26. The Morgan fingerprint density at radius 2 is 1.00 bits per heavy atom. The maximum atomic E-state index is 3.60. The molecule has 110 valence electrons. The Labute approximate surface area is 127 Å². The number of nitrogens with one attached hydrogen (secondary N) is 1. The molecule has 0 spiro atoms. The van der Waals surface area contributed by atoms with Gasteiger partial charge in [-0.2, -0.15) is 0 Å².